The highest BCUT2D eigenvalue weighted by molar-refractivity contribution is 6.30. The lowest BCUT2D eigenvalue weighted by molar-refractivity contribution is -0.133. The number of halogens is 3. The van der Waals surface area contributed by atoms with Crippen LogP contribution in [-0.2, 0) is 17.9 Å². The van der Waals surface area contributed by atoms with Gasteiger partial charge in [0.25, 0.3) is 0 Å². The van der Waals surface area contributed by atoms with Gasteiger partial charge in [0.05, 0.1) is 11.2 Å². The van der Waals surface area contributed by atoms with Gasteiger partial charge in [0, 0.05) is 57.4 Å². The summed E-state index contributed by atoms with van der Waals surface area (Å²) >= 11 is 5.79. The number of benzene rings is 1. The molecule has 1 aromatic carbocycles. The molecule has 1 amide bonds. The number of hydrogen-bond acceptors (Lipinski definition) is 3. The Kier molecular flexibility index (Phi) is 5.65. The summed E-state index contributed by atoms with van der Waals surface area (Å²) in [5, 5.41) is 4.59. The molecule has 2 aromatic rings. The van der Waals surface area contributed by atoms with Crippen LogP contribution >= 0.6 is 11.6 Å². The second-order valence-electron chi connectivity index (χ2n) is 6.04. The maximum Gasteiger partial charge on any atom is 0.224 e. The smallest absolute Gasteiger partial charge is 0.224 e. The van der Waals surface area contributed by atoms with Crippen LogP contribution < -0.4 is 0 Å². The van der Waals surface area contributed by atoms with Gasteiger partial charge in [-0.25, -0.2) is 8.78 Å². The van der Waals surface area contributed by atoms with Crippen LogP contribution in [0.3, 0.4) is 0 Å². The van der Waals surface area contributed by atoms with E-state index in [1.54, 1.807) is 21.8 Å². The van der Waals surface area contributed by atoms with Crippen LogP contribution in [-0.4, -0.2) is 51.7 Å². The Morgan fingerprint density at radius 3 is 2.64 bits per heavy atom. The van der Waals surface area contributed by atoms with E-state index in [1.165, 1.54) is 12.3 Å². The van der Waals surface area contributed by atoms with E-state index in [2.05, 4.69) is 5.10 Å². The van der Waals surface area contributed by atoms with Crippen LogP contribution in [0.1, 0.15) is 12.0 Å². The zero-order valence-electron chi connectivity index (χ0n) is 13.7. The summed E-state index contributed by atoms with van der Waals surface area (Å²) in [5.41, 5.74) is 0.343. The molecule has 0 unspecified atom stereocenters. The molecule has 5 nitrogen and oxygen atoms in total. The maximum absolute atomic E-state index is 13.7. The molecule has 1 aromatic heterocycles. The monoisotopic (exact) mass is 368 g/mol. The molecule has 1 fully saturated rings. The van der Waals surface area contributed by atoms with Crippen molar-refractivity contribution in [2.75, 3.05) is 26.2 Å². The molecule has 0 aliphatic carbocycles. The zero-order chi connectivity index (χ0) is 17.8. The van der Waals surface area contributed by atoms with Gasteiger partial charge < -0.3 is 4.90 Å². The minimum Gasteiger partial charge on any atom is -0.340 e. The number of amides is 1. The molecule has 3 rings (SSSR count). The van der Waals surface area contributed by atoms with E-state index in [0.717, 1.165) is 6.07 Å². The molecule has 2 heterocycles. The molecule has 0 saturated carbocycles. The Labute approximate surface area is 149 Å². The first-order valence-electron chi connectivity index (χ1n) is 8.14. The van der Waals surface area contributed by atoms with Gasteiger partial charge in [-0.05, 0) is 6.07 Å². The quantitative estimate of drug-likeness (QED) is 0.814. The highest BCUT2D eigenvalue weighted by Crippen LogP contribution is 2.15. The van der Waals surface area contributed by atoms with Gasteiger partial charge in [0.15, 0.2) is 11.6 Å². The summed E-state index contributed by atoms with van der Waals surface area (Å²) in [6.07, 6.45) is 3.58. The molecule has 25 heavy (non-hydrogen) atoms. The summed E-state index contributed by atoms with van der Waals surface area (Å²) in [6, 6.07) is 4.21. The predicted octanol–water partition coefficient (Wildman–Crippen LogP) is 2.55. The van der Waals surface area contributed by atoms with Crippen molar-refractivity contribution in [1.82, 2.24) is 19.6 Å². The van der Waals surface area contributed by atoms with Gasteiger partial charge in [-0.2, -0.15) is 5.10 Å². The lowest BCUT2D eigenvalue weighted by Gasteiger charge is -2.34. The minimum atomic E-state index is -0.829. The highest BCUT2D eigenvalue weighted by atomic mass is 35.5. The van der Waals surface area contributed by atoms with Crippen LogP contribution in [0.2, 0.25) is 5.02 Å². The van der Waals surface area contributed by atoms with Gasteiger partial charge in [0.2, 0.25) is 5.91 Å². The van der Waals surface area contributed by atoms with E-state index in [1.807, 2.05) is 4.90 Å². The van der Waals surface area contributed by atoms with E-state index < -0.39 is 11.6 Å². The lowest BCUT2D eigenvalue weighted by atomic mass is 10.1. The average Bonchev–Trinajstić information content (AvgIpc) is 3.03. The van der Waals surface area contributed by atoms with E-state index in [9.17, 15) is 13.6 Å². The molecular weight excluding hydrogens is 350 g/mol. The molecular formula is C17H19ClF2N4O. The molecule has 0 radical (unpaired) electrons. The number of hydrogen-bond donors (Lipinski definition) is 0. The number of aromatic nitrogens is 2. The summed E-state index contributed by atoms with van der Waals surface area (Å²) in [7, 11) is 0. The molecule has 1 saturated heterocycles. The van der Waals surface area contributed by atoms with Crippen molar-refractivity contribution in [1.29, 1.82) is 0 Å². The normalized spacial score (nSPS) is 15.6. The van der Waals surface area contributed by atoms with Crippen LogP contribution in [0.4, 0.5) is 8.78 Å². The Morgan fingerprint density at radius 1 is 1.20 bits per heavy atom. The van der Waals surface area contributed by atoms with Gasteiger partial charge in [0.1, 0.15) is 0 Å². The van der Waals surface area contributed by atoms with Crippen molar-refractivity contribution in [2.45, 2.75) is 19.5 Å². The van der Waals surface area contributed by atoms with Gasteiger partial charge in [-0.15, -0.1) is 0 Å². The summed E-state index contributed by atoms with van der Waals surface area (Å²) < 4.78 is 28.6. The first kappa shape index (κ1) is 17.8. The van der Waals surface area contributed by atoms with Crippen molar-refractivity contribution < 1.29 is 13.6 Å². The number of aryl methyl sites for hydroxylation is 1. The molecule has 1 aliphatic heterocycles. The van der Waals surface area contributed by atoms with Gasteiger partial charge in [-0.1, -0.05) is 23.7 Å². The summed E-state index contributed by atoms with van der Waals surface area (Å²) in [6.45, 7) is 3.26. The van der Waals surface area contributed by atoms with E-state index in [-0.39, 0.29) is 5.91 Å². The number of piperazine rings is 1. The third-order valence-corrected chi connectivity index (χ3v) is 4.50. The molecule has 0 bridgehead atoms. The first-order valence-corrected chi connectivity index (χ1v) is 8.51. The van der Waals surface area contributed by atoms with Crippen molar-refractivity contribution in [2.24, 2.45) is 0 Å². The SMILES string of the molecule is O=C(CCn1cc(Cl)cn1)N1CCN(Cc2cccc(F)c2F)CC1. The fourth-order valence-corrected chi connectivity index (χ4v) is 3.05. The second kappa shape index (κ2) is 7.93. The number of carbonyl (C=O) groups excluding carboxylic acids is 1. The Bertz CT molecular complexity index is 744. The van der Waals surface area contributed by atoms with E-state index in [4.69, 9.17) is 11.6 Å². The highest BCUT2D eigenvalue weighted by Gasteiger charge is 2.22. The number of rotatable bonds is 5. The number of carbonyl (C=O) groups is 1. The van der Waals surface area contributed by atoms with Crippen LogP contribution in [0.25, 0.3) is 0 Å². The van der Waals surface area contributed by atoms with Crippen molar-refractivity contribution >= 4 is 17.5 Å². The lowest BCUT2D eigenvalue weighted by Crippen LogP contribution is -2.48. The molecule has 0 spiro atoms. The summed E-state index contributed by atoms with van der Waals surface area (Å²) in [5.74, 6) is -1.56. The first-order chi connectivity index (χ1) is 12.0. The van der Waals surface area contributed by atoms with Crippen LogP contribution in [0.5, 0.6) is 0 Å². The van der Waals surface area contributed by atoms with Gasteiger partial charge >= 0.3 is 0 Å². The van der Waals surface area contributed by atoms with Crippen molar-refractivity contribution in [3.8, 4) is 0 Å². The van der Waals surface area contributed by atoms with E-state index in [0.29, 0.717) is 56.3 Å². The maximum atomic E-state index is 13.7. The van der Waals surface area contributed by atoms with Crippen LogP contribution in [0, 0.1) is 11.6 Å². The summed E-state index contributed by atoms with van der Waals surface area (Å²) in [4.78, 5) is 16.1. The minimum absolute atomic E-state index is 0.0585. The zero-order valence-corrected chi connectivity index (χ0v) is 14.4. The third kappa shape index (κ3) is 4.55. The standard InChI is InChI=1S/C17H19ClF2N4O/c18-14-10-21-24(12-14)5-4-16(25)23-8-6-22(7-9-23)11-13-2-1-3-15(19)17(13)20/h1-3,10,12H,4-9,11H2. The Morgan fingerprint density at radius 2 is 1.96 bits per heavy atom. The Hall–Kier alpha value is -1.99. The topological polar surface area (TPSA) is 41.4 Å². The molecule has 1 aliphatic rings. The predicted molar refractivity (Wildman–Crippen MR) is 90.1 cm³/mol. The van der Waals surface area contributed by atoms with Crippen LogP contribution in [0.15, 0.2) is 30.6 Å². The van der Waals surface area contributed by atoms with Crippen molar-refractivity contribution in [3.05, 3.63) is 52.8 Å². The molecule has 8 heteroatoms. The average molecular weight is 369 g/mol. The molecule has 0 N–H and O–H groups in total. The number of nitrogens with zero attached hydrogens (tertiary/aromatic N) is 4. The second-order valence-corrected chi connectivity index (χ2v) is 6.48. The third-order valence-electron chi connectivity index (χ3n) is 4.31. The fourth-order valence-electron chi connectivity index (χ4n) is 2.90. The largest absolute Gasteiger partial charge is 0.340 e. The van der Waals surface area contributed by atoms with Gasteiger partial charge in [-0.3, -0.25) is 14.4 Å². The molecule has 134 valence electrons. The fraction of sp³-hybridized carbons (Fsp3) is 0.412. The molecule has 0 atom stereocenters. The van der Waals surface area contributed by atoms with Crippen molar-refractivity contribution in [3.63, 3.8) is 0 Å². The Balaban J connectivity index is 1.46. The van der Waals surface area contributed by atoms with E-state index >= 15 is 0 Å².